The van der Waals surface area contributed by atoms with Crippen LogP contribution in [0.25, 0.3) is 0 Å². The zero-order valence-corrected chi connectivity index (χ0v) is 12.9. The molecule has 0 aliphatic rings. The first-order valence-corrected chi connectivity index (χ1v) is 6.72. The van der Waals surface area contributed by atoms with Crippen molar-refractivity contribution in [2.75, 3.05) is 7.11 Å². The van der Waals surface area contributed by atoms with Gasteiger partial charge >= 0.3 is 0 Å². The molecule has 1 unspecified atom stereocenters. The maximum Gasteiger partial charge on any atom is 0.125 e. The van der Waals surface area contributed by atoms with Crippen LogP contribution in [0.15, 0.2) is 28.9 Å². The van der Waals surface area contributed by atoms with Gasteiger partial charge in [0.1, 0.15) is 5.75 Å². The molecule has 5 nitrogen and oxygen atoms in total. The number of ether oxygens (including phenoxy) is 1. The monoisotopic (exact) mass is 344 g/mol. The molecule has 0 spiro atoms. The number of benzene rings is 1. The van der Waals surface area contributed by atoms with Gasteiger partial charge in [0, 0.05) is 17.1 Å². The Hall–Kier alpha value is -1.08. The van der Waals surface area contributed by atoms with Gasteiger partial charge < -0.3 is 4.74 Å². The molecular formula is C12H14BrClN4O. The summed E-state index contributed by atoms with van der Waals surface area (Å²) in [6, 6.07) is 5.43. The third kappa shape index (κ3) is 2.76. The predicted octanol–water partition coefficient (Wildman–Crippen LogP) is 2.40. The highest BCUT2D eigenvalue weighted by Gasteiger charge is 2.23. The quantitative estimate of drug-likeness (QED) is 0.660. The van der Waals surface area contributed by atoms with Crippen LogP contribution >= 0.6 is 27.5 Å². The Labute approximate surface area is 124 Å². The van der Waals surface area contributed by atoms with Crippen LogP contribution in [0, 0.1) is 0 Å². The van der Waals surface area contributed by atoms with Gasteiger partial charge in [-0.25, -0.2) is 5.43 Å². The topological polar surface area (TPSA) is 65.1 Å². The summed E-state index contributed by atoms with van der Waals surface area (Å²) in [6.07, 6.45) is 1.59. The summed E-state index contributed by atoms with van der Waals surface area (Å²) >= 11 is 9.58. The standard InChI is InChI=1S/C12H14BrClN4O/c1-18-12(9(14)6-16-18)11(17-15)8-4-3-7(13)5-10(8)19-2/h3-6,11,17H,15H2,1-2H3. The molecule has 0 saturated carbocycles. The number of rotatable bonds is 4. The SMILES string of the molecule is COc1cc(Br)ccc1C(NN)c1c(Cl)cnn1C. The van der Waals surface area contributed by atoms with E-state index in [1.165, 1.54) is 0 Å². The van der Waals surface area contributed by atoms with Gasteiger partial charge in [-0.2, -0.15) is 5.10 Å². The lowest BCUT2D eigenvalue weighted by Gasteiger charge is -2.20. The van der Waals surface area contributed by atoms with E-state index in [1.807, 2.05) is 25.2 Å². The Morgan fingerprint density at radius 2 is 2.26 bits per heavy atom. The van der Waals surface area contributed by atoms with Crippen molar-refractivity contribution in [3.63, 3.8) is 0 Å². The molecule has 1 atom stereocenters. The van der Waals surface area contributed by atoms with Crippen molar-refractivity contribution in [1.82, 2.24) is 15.2 Å². The van der Waals surface area contributed by atoms with E-state index < -0.39 is 0 Å². The molecule has 1 heterocycles. The van der Waals surface area contributed by atoms with Crippen molar-refractivity contribution in [2.24, 2.45) is 12.9 Å². The lowest BCUT2D eigenvalue weighted by atomic mass is 10.0. The van der Waals surface area contributed by atoms with Gasteiger partial charge in [-0.05, 0) is 12.1 Å². The smallest absolute Gasteiger partial charge is 0.125 e. The first kappa shape index (κ1) is 14.3. The second-order valence-corrected chi connectivity index (χ2v) is 5.31. The average molecular weight is 346 g/mol. The number of hydrogen-bond donors (Lipinski definition) is 2. The number of methoxy groups -OCH3 is 1. The van der Waals surface area contributed by atoms with Crippen LogP contribution < -0.4 is 16.0 Å². The van der Waals surface area contributed by atoms with Crippen LogP contribution in [-0.2, 0) is 7.05 Å². The second-order valence-electron chi connectivity index (χ2n) is 3.99. The summed E-state index contributed by atoms with van der Waals surface area (Å²) in [5, 5.41) is 4.67. The molecule has 0 aliphatic carbocycles. The van der Waals surface area contributed by atoms with Gasteiger partial charge in [0.15, 0.2) is 0 Å². The van der Waals surface area contributed by atoms with E-state index in [1.54, 1.807) is 18.0 Å². The van der Waals surface area contributed by atoms with Crippen LogP contribution in [0.2, 0.25) is 5.02 Å². The number of nitrogens with zero attached hydrogens (tertiary/aromatic N) is 2. The Balaban J connectivity index is 2.54. The van der Waals surface area contributed by atoms with Gasteiger partial charge in [-0.1, -0.05) is 33.6 Å². The van der Waals surface area contributed by atoms with Crippen LogP contribution in [0.1, 0.15) is 17.3 Å². The molecule has 7 heteroatoms. The summed E-state index contributed by atoms with van der Waals surface area (Å²) in [4.78, 5) is 0. The maximum absolute atomic E-state index is 6.17. The number of hydrogen-bond acceptors (Lipinski definition) is 4. The molecule has 102 valence electrons. The first-order chi connectivity index (χ1) is 9.08. The van der Waals surface area contributed by atoms with E-state index in [4.69, 9.17) is 22.2 Å². The molecule has 2 rings (SSSR count). The molecule has 0 saturated heterocycles. The van der Waals surface area contributed by atoms with Crippen LogP contribution in [0.4, 0.5) is 0 Å². The van der Waals surface area contributed by atoms with Gasteiger partial charge in [0.05, 0.1) is 30.1 Å². The minimum absolute atomic E-state index is 0.303. The number of aromatic nitrogens is 2. The fourth-order valence-corrected chi connectivity index (χ4v) is 2.60. The molecule has 0 aliphatic heterocycles. The highest BCUT2D eigenvalue weighted by molar-refractivity contribution is 9.10. The van der Waals surface area contributed by atoms with Gasteiger partial charge in [-0.15, -0.1) is 0 Å². The van der Waals surface area contributed by atoms with Gasteiger partial charge in [-0.3, -0.25) is 10.5 Å². The molecule has 1 aromatic heterocycles. The van der Waals surface area contributed by atoms with Crippen LogP contribution in [-0.4, -0.2) is 16.9 Å². The summed E-state index contributed by atoms with van der Waals surface area (Å²) in [7, 11) is 3.43. The van der Waals surface area contributed by atoms with Crippen molar-refractivity contribution in [3.8, 4) is 5.75 Å². The van der Waals surface area contributed by atoms with Crippen molar-refractivity contribution < 1.29 is 4.74 Å². The van der Waals surface area contributed by atoms with Crippen LogP contribution in [0.3, 0.4) is 0 Å². The third-order valence-electron chi connectivity index (χ3n) is 2.88. The lowest BCUT2D eigenvalue weighted by Crippen LogP contribution is -2.31. The van der Waals surface area contributed by atoms with E-state index in [0.717, 1.165) is 21.5 Å². The summed E-state index contributed by atoms with van der Waals surface area (Å²) < 4.78 is 8.01. The number of aryl methyl sites for hydroxylation is 1. The second kappa shape index (κ2) is 5.92. The van der Waals surface area contributed by atoms with E-state index in [2.05, 4.69) is 26.5 Å². The molecule has 3 N–H and O–H groups in total. The van der Waals surface area contributed by atoms with Crippen molar-refractivity contribution >= 4 is 27.5 Å². The highest BCUT2D eigenvalue weighted by atomic mass is 79.9. The van der Waals surface area contributed by atoms with Crippen molar-refractivity contribution in [3.05, 3.63) is 45.1 Å². The molecule has 2 aromatic rings. The van der Waals surface area contributed by atoms with E-state index in [0.29, 0.717) is 5.02 Å². The molecule has 19 heavy (non-hydrogen) atoms. The highest BCUT2D eigenvalue weighted by Crippen LogP contribution is 2.34. The molecule has 0 bridgehead atoms. The number of halogens is 2. The van der Waals surface area contributed by atoms with E-state index in [-0.39, 0.29) is 6.04 Å². The molecule has 0 fully saturated rings. The van der Waals surface area contributed by atoms with Crippen molar-refractivity contribution in [1.29, 1.82) is 0 Å². The van der Waals surface area contributed by atoms with E-state index >= 15 is 0 Å². The number of hydrazine groups is 1. The van der Waals surface area contributed by atoms with Crippen LogP contribution in [0.5, 0.6) is 5.75 Å². The lowest BCUT2D eigenvalue weighted by molar-refractivity contribution is 0.402. The maximum atomic E-state index is 6.17. The Morgan fingerprint density at radius 1 is 1.53 bits per heavy atom. The Bertz CT molecular complexity index is 568. The average Bonchev–Trinajstić information content (AvgIpc) is 2.73. The predicted molar refractivity (Wildman–Crippen MR) is 78.1 cm³/mol. The van der Waals surface area contributed by atoms with Gasteiger partial charge in [0.2, 0.25) is 0 Å². The molecule has 0 radical (unpaired) electrons. The summed E-state index contributed by atoms with van der Waals surface area (Å²) in [5.41, 5.74) is 4.43. The first-order valence-electron chi connectivity index (χ1n) is 5.55. The fraction of sp³-hybridized carbons (Fsp3) is 0.250. The summed E-state index contributed by atoms with van der Waals surface area (Å²) in [5.74, 6) is 6.40. The molecule has 0 amide bonds. The number of nitrogens with two attached hydrogens (primary N) is 1. The van der Waals surface area contributed by atoms with E-state index in [9.17, 15) is 0 Å². The third-order valence-corrected chi connectivity index (χ3v) is 3.67. The minimum atomic E-state index is -0.303. The normalized spacial score (nSPS) is 12.5. The largest absolute Gasteiger partial charge is 0.496 e. The summed E-state index contributed by atoms with van der Waals surface area (Å²) in [6.45, 7) is 0. The zero-order chi connectivity index (χ0) is 14.0. The van der Waals surface area contributed by atoms with Crippen molar-refractivity contribution in [2.45, 2.75) is 6.04 Å². The Morgan fingerprint density at radius 3 is 2.79 bits per heavy atom. The zero-order valence-electron chi connectivity index (χ0n) is 10.5. The number of nitrogens with one attached hydrogen (secondary N) is 1. The minimum Gasteiger partial charge on any atom is -0.496 e. The molecular weight excluding hydrogens is 332 g/mol. The Kier molecular flexibility index (Phi) is 4.46. The fourth-order valence-electron chi connectivity index (χ4n) is 1.98. The molecule has 1 aromatic carbocycles. The van der Waals surface area contributed by atoms with Gasteiger partial charge in [0.25, 0.3) is 0 Å².